The minimum absolute atomic E-state index is 0.447. The first-order valence-electron chi connectivity index (χ1n) is 6.90. The summed E-state index contributed by atoms with van der Waals surface area (Å²) in [5, 5.41) is 12.6. The lowest BCUT2D eigenvalue weighted by Crippen LogP contribution is -2.43. The molecule has 1 rings (SSSR count). The Morgan fingerprint density at radius 3 is 2.42 bits per heavy atom. The summed E-state index contributed by atoms with van der Waals surface area (Å²) in [5.74, 6) is 1.33. The fourth-order valence-corrected chi connectivity index (χ4v) is 2.65. The molecule has 0 saturated carbocycles. The Balaban J connectivity index is 2.57. The average Bonchev–Trinajstić information content (AvgIpc) is 2.43. The van der Waals surface area contributed by atoms with E-state index in [0.29, 0.717) is 5.92 Å². The molecule has 0 fully saturated rings. The molecular weight excluding hydrogens is 252 g/mol. The van der Waals surface area contributed by atoms with Crippen LogP contribution in [0.1, 0.15) is 45.6 Å². The minimum Gasteiger partial charge on any atom is -0.299 e. The van der Waals surface area contributed by atoms with Crippen LogP contribution in [0.3, 0.4) is 0 Å². The topological polar surface area (TPSA) is 35.8 Å². The van der Waals surface area contributed by atoms with Crippen molar-refractivity contribution in [2.24, 2.45) is 0 Å². The van der Waals surface area contributed by atoms with Crippen LogP contribution in [-0.4, -0.2) is 17.8 Å². The van der Waals surface area contributed by atoms with Crippen LogP contribution in [0.4, 0.5) is 0 Å². The van der Waals surface area contributed by atoms with Gasteiger partial charge in [0.15, 0.2) is 0 Å². The van der Waals surface area contributed by atoms with E-state index in [1.165, 1.54) is 10.5 Å². The molecule has 1 N–H and O–H groups in total. The van der Waals surface area contributed by atoms with Crippen molar-refractivity contribution >= 4 is 11.8 Å². The summed E-state index contributed by atoms with van der Waals surface area (Å²) in [6.45, 7) is 9.37. The number of rotatable bonds is 7. The molecule has 0 aliphatic heterocycles. The van der Waals surface area contributed by atoms with Crippen molar-refractivity contribution in [2.75, 3.05) is 12.3 Å². The minimum atomic E-state index is -0.447. The van der Waals surface area contributed by atoms with E-state index in [0.717, 1.165) is 18.7 Å². The van der Waals surface area contributed by atoms with Crippen molar-refractivity contribution in [1.29, 1.82) is 5.26 Å². The van der Waals surface area contributed by atoms with Gasteiger partial charge >= 0.3 is 0 Å². The van der Waals surface area contributed by atoms with Gasteiger partial charge < -0.3 is 0 Å². The van der Waals surface area contributed by atoms with E-state index in [1.807, 2.05) is 6.92 Å². The summed E-state index contributed by atoms with van der Waals surface area (Å²) in [7, 11) is 0. The second kappa shape index (κ2) is 7.57. The third kappa shape index (κ3) is 5.26. The second-order valence-corrected chi connectivity index (χ2v) is 6.43. The molecule has 0 radical (unpaired) electrons. The van der Waals surface area contributed by atoms with Crippen LogP contribution in [0, 0.1) is 11.3 Å². The van der Waals surface area contributed by atoms with Crippen LogP contribution >= 0.6 is 11.8 Å². The third-order valence-electron chi connectivity index (χ3n) is 3.09. The highest BCUT2D eigenvalue weighted by atomic mass is 32.2. The van der Waals surface area contributed by atoms with Gasteiger partial charge in [-0.15, -0.1) is 11.8 Å². The molecule has 0 heterocycles. The van der Waals surface area contributed by atoms with E-state index in [2.05, 4.69) is 56.4 Å². The molecule has 1 aromatic carbocycles. The maximum atomic E-state index is 9.28. The van der Waals surface area contributed by atoms with Crippen LogP contribution in [0.2, 0.25) is 0 Å². The summed E-state index contributed by atoms with van der Waals surface area (Å²) in [6, 6.07) is 11.0. The smallest absolute Gasteiger partial charge is 0.113 e. The van der Waals surface area contributed by atoms with Gasteiger partial charge in [0.1, 0.15) is 5.54 Å². The van der Waals surface area contributed by atoms with Crippen molar-refractivity contribution < 1.29 is 0 Å². The molecule has 3 heteroatoms. The van der Waals surface area contributed by atoms with E-state index in [-0.39, 0.29) is 0 Å². The highest BCUT2D eigenvalue weighted by Crippen LogP contribution is 2.24. The third-order valence-corrected chi connectivity index (χ3v) is 4.41. The Hall–Kier alpha value is -0.980. The Morgan fingerprint density at radius 2 is 1.95 bits per heavy atom. The van der Waals surface area contributed by atoms with Gasteiger partial charge in [-0.05, 0) is 43.5 Å². The summed E-state index contributed by atoms with van der Waals surface area (Å²) in [6.07, 6.45) is 1.05. The van der Waals surface area contributed by atoms with Crippen LogP contribution in [-0.2, 0) is 0 Å². The molecule has 0 spiro atoms. The van der Waals surface area contributed by atoms with Gasteiger partial charge in [-0.3, -0.25) is 5.32 Å². The molecule has 0 aromatic heterocycles. The zero-order valence-corrected chi connectivity index (χ0v) is 13.2. The van der Waals surface area contributed by atoms with Crippen molar-refractivity contribution in [3.8, 4) is 6.07 Å². The van der Waals surface area contributed by atoms with Gasteiger partial charge in [-0.25, -0.2) is 0 Å². The SMILES string of the molecule is CCCNC(C)(C#N)CSc1ccc(C(C)C)cc1. The van der Waals surface area contributed by atoms with Crippen molar-refractivity contribution in [2.45, 2.75) is 50.5 Å². The number of hydrogen-bond donors (Lipinski definition) is 1. The van der Waals surface area contributed by atoms with Crippen LogP contribution in [0.15, 0.2) is 29.2 Å². The quantitative estimate of drug-likeness (QED) is 0.759. The molecule has 1 unspecified atom stereocenters. The summed E-state index contributed by atoms with van der Waals surface area (Å²) in [4.78, 5) is 1.23. The number of benzene rings is 1. The molecule has 0 aliphatic carbocycles. The Bertz CT molecular complexity index is 419. The van der Waals surface area contributed by atoms with E-state index in [1.54, 1.807) is 11.8 Å². The molecule has 0 amide bonds. The van der Waals surface area contributed by atoms with E-state index in [4.69, 9.17) is 0 Å². The molecular formula is C16H24N2S. The number of nitrogens with zero attached hydrogens (tertiary/aromatic N) is 1. The van der Waals surface area contributed by atoms with Gasteiger partial charge in [0, 0.05) is 10.6 Å². The standard InChI is InChI=1S/C16H24N2S/c1-5-10-18-16(4,11-17)12-19-15-8-6-14(7-9-15)13(2)3/h6-9,13,18H,5,10,12H2,1-4H3. The molecule has 0 bridgehead atoms. The van der Waals surface area contributed by atoms with Gasteiger partial charge in [-0.1, -0.05) is 32.9 Å². The summed E-state index contributed by atoms with van der Waals surface area (Å²) >= 11 is 1.74. The summed E-state index contributed by atoms with van der Waals surface area (Å²) in [5.41, 5.74) is 0.911. The molecule has 2 nitrogen and oxygen atoms in total. The number of nitriles is 1. The fourth-order valence-electron chi connectivity index (χ4n) is 1.70. The highest BCUT2D eigenvalue weighted by Gasteiger charge is 2.22. The molecule has 1 atom stereocenters. The highest BCUT2D eigenvalue weighted by molar-refractivity contribution is 7.99. The fraction of sp³-hybridized carbons (Fsp3) is 0.562. The lowest BCUT2D eigenvalue weighted by Gasteiger charge is -2.22. The normalized spacial score (nSPS) is 14.1. The molecule has 19 heavy (non-hydrogen) atoms. The van der Waals surface area contributed by atoms with Gasteiger partial charge in [-0.2, -0.15) is 5.26 Å². The molecule has 104 valence electrons. The average molecular weight is 276 g/mol. The van der Waals surface area contributed by atoms with Gasteiger partial charge in [0.2, 0.25) is 0 Å². The first-order chi connectivity index (χ1) is 9.00. The zero-order chi connectivity index (χ0) is 14.3. The van der Waals surface area contributed by atoms with Gasteiger partial charge in [0.05, 0.1) is 6.07 Å². The molecule has 0 aliphatic rings. The Kier molecular flexibility index (Phi) is 6.41. The molecule has 1 aromatic rings. The van der Waals surface area contributed by atoms with E-state index < -0.39 is 5.54 Å². The van der Waals surface area contributed by atoms with Crippen LogP contribution < -0.4 is 5.32 Å². The van der Waals surface area contributed by atoms with Crippen LogP contribution in [0.25, 0.3) is 0 Å². The maximum absolute atomic E-state index is 9.28. The number of nitrogens with one attached hydrogen (secondary N) is 1. The number of hydrogen-bond acceptors (Lipinski definition) is 3. The van der Waals surface area contributed by atoms with Crippen LogP contribution in [0.5, 0.6) is 0 Å². The maximum Gasteiger partial charge on any atom is 0.113 e. The Labute approximate surface area is 121 Å². The Morgan fingerprint density at radius 1 is 1.32 bits per heavy atom. The first-order valence-corrected chi connectivity index (χ1v) is 7.88. The predicted octanol–water partition coefficient (Wildman–Crippen LogP) is 4.18. The van der Waals surface area contributed by atoms with E-state index >= 15 is 0 Å². The predicted molar refractivity (Wildman–Crippen MR) is 83.6 cm³/mol. The summed E-state index contributed by atoms with van der Waals surface area (Å²) < 4.78 is 0. The van der Waals surface area contributed by atoms with Crippen molar-refractivity contribution in [1.82, 2.24) is 5.32 Å². The van der Waals surface area contributed by atoms with E-state index in [9.17, 15) is 5.26 Å². The first kappa shape index (κ1) is 16.1. The largest absolute Gasteiger partial charge is 0.299 e. The van der Waals surface area contributed by atoms with Crippen molar-refractivity contribution in [3.63, 3.8) is 0 Å². The monoisotopic (exact) mass is 276 g/mol. The molecule has 0 saturated heterocycles. The number of thioether (sulfide) groups is 1. The second-order valence-electron chi connectivity index (χ2n) is 5.38. The van der Waals surface area contributed by atoms with Crippen molar-refractivity contribution in [3.05, 3.63) is 29.8 Å². The lowest BCUT2D eigenvalue weighted by atomic mass is 10.0. The van der Waals surface area contributed by atoms with Gasteiger partial charge in [0.25, 0.3) is 0 Å². The lowest BCUT2D eigenvalue weighted by molar-refractivity contribution is 0.493. The zero-order valence-electron chi connectivity index (χ0n) is 12.4.